The van der Waals surface area contributed by atoms with Crippen molar-refractivity contribution in [2.75, 3.05) is 89.6 Å². The molecule has 13 heteroatoms. The summed E-state index contributed by atoms with van der Waals surface area (Å²) in [4.78, 5) is 57.6. The molecule has 2 aliphatic rings. The van der Waals surface area contributed by atoms with Gasteiger partial charge in [0.05, 0.1) is 0 Å². The number of hydrogen-bond donors (Lipinski definition) is 4. The van der Waals surface area contributed by atoms with E-state index in [1.54, 1.807) is 12.1 Å². The SMILES string of the molecule is CN(C)CCCNc1ccc2c3c(cccc13)C(=O)N(CCS)C2=O.CN(C)CCCNc1ccc2c3c(cccc13)C(=O)N(CCS)C2=O.[HH].[HH].[V]. The molecule has 0 unspecified atom stereocenters. The Balaban J connectivity index is 0.000000347. The molecule has 4 aromatic rings. The van der Waals surface area contributed by atoms with Crippen LogP contribution in [0.25, 0.3) is 21.5 Å². The zero-order valence-corrected chi connectivity index (χ0v) is 32.8. The number of anilines is 2. The van der Waals surface area contributed by atoms with Crippen LogP contribution in [0.3, 0.4) is 0 Å². The molecule has 4 aromatic carbocycles. The van der Waals surface area contributed by atoms with E-state index in [4.69, 9.17) is 0 Å². The van der Waals surface area contributed by atoms with Gasteiger partial charge in [0.25, 0.3) is 23.6 Å². The summed E-state index contributed by atoms with van der Waals surface area (Å²) in [7, 11) is 8.21. The van der Waals surface area contributed by atoms with Crippen molar-refractivity contribution in [1.29, 1.82) is 0 Å². The number of nitrogens with one attached hydrogen (secondary N) is 2. The van der Waals surface area contributed by atoms with Gasteiger partial charge in [0.1, 0.15) is 0 Å². The minimum absolute atomic E-state index is 0. The van der Waals surface area contributed by atoms with E-state index in [9.17, 15) is 19.2 Å². The van der Waals surface area contributed by atoms with Gasteiger partial charge < -0.3 is 20.4 Å². The number of thiol groups is 2. The third-order valence-electron chi connectivity index (χ3n) is 8.83. The van der Waals surface area contributed by atoms with E-state index < -0.39 is 0 Å². The van der Waals surface area contributed by atoms with Crippen LogP contribution in [0.5, 0.6) is 0 Å². The standard InChI is InChI=1S/2C19H23N3O2S.V.2H2/c2*1-21(2)10-4-9-20-16-8-7-15-17-13(16)5-3-6-14(17)18(23)22(11-12-25)19(15)24;;;/h2*3,5-8,20,25H,4,9-12H2,1-2H3;;2*1H. The van der Waals surface area contributed by atoms with E-state index in [0.29, 0.717) is 46.8 Å². The number of rotatable bonds is 14. The molecule has 6 rings (SSSR count). The average molecular weight is 770 g/mol. The van der Waals surface area contributed by atoms with Crippen LogP contribution in [0.15, 0.2) is 60.7 Å². The molecule has 2 aliphatic heterocycles. The van der Waals surface area contributed by atoms with Crippen molar-refractivity contribution in [3.8, 4) is 0 Å². The Morgan fingerprint density at radius 2 is 0.922 bits per heavy atom. The fourth-order valence-electron chi connectivity index (χ4n) is 6.44. The van der Waals surface area contributed by atoms with Crippen LogP contribution >= 0.6 is 25.3 Å². The fourth-order valence-corrected chi connectivity index (χ4v) is 6.84. The Morgan fingerprint density at radius 3 is 1.25 bits per heavy atom. The number of amides is 4. The van der Waals surface area contributed by atoms with Crippen LogP contribution < -0.4 is 10.6 Å². The van der Waals surface area contributed by atoms with Crippen LogP contribution in [-0.4, -0.2) is 122 Å². The second-order valence-corrected chi connectivity index (χ2v) is 13.8. The van der Waals surface area contributed by atoms with Gasteiger partial charge in [0, 0.05) is 114 Å². The van der Waals surface area contributed by atoms with Crippen LogP contribution in [0.4, 0.5) is 11.4 Å². The van der Waals surface area contributed by atoms with Gasteiger partial charge in [-0.3, -0.25) is 29.0 Å². The van der Waals surface area contributed by atoms with Gasteiger partial charge in [0.15, 0.2) is 0 Å². The molecule has 4 amide bonds. The number of carbonyl (C=O) groups excluding carboxylic acids is 4. The van der Waals surface area contributed by atoms with Gasteiger partial charge in [-0.1, -0.05) is 24.3 Å². The van der Waals surface area contributed by atoms with E-state index in [1.165, 1.54) is 9.80 Å². The summed E-state index contributed by atoms with van der Waals surface area (Å²) in [5.74, 6) is -0.0320. The summed E-state index contributed by atoms with van der Waals surface area (Å²) in [6, 6.07) is 18.8. The van der Waals surface area contributed by atoms with Crippen molar-refractivity contribution >= 4 is 81.8 Å². The Labute approximate surface area is 325 Å². The first-order valence-corrected chi connectivity index (χ1v) is 18.2. The summed E-state index contributed by atoms with van der Waals surface area (Å²) in [5, 5.41) is 10.2. The molecule has 0 saturated heterocycles. The van der Waals surface area contributed by atoms with Crippen molar-refractivity contribution < 1.29 is 40.6 Å². The molecule has 0 aliphatic carbocycles. The molecule has 0 spiro atoms. The Bertz CT molecular complexity index is 1750. The molecule has 0 saturated carbocycles. The molecule has 273 valence electrons. The molecule has 0 atom stereocenters. The normalized spacial score (nSPS) is 13.6. The zero-order chi connectivity index (χ0) is 35.9. The number of carbonyl (C=O) groups is 4. The van der Waals surface area contributed by atoms with Gasteiger partial charge in [-0.2, -0.15) is 25.3 Å². The van der Waals surface area contributed by atoms with Crippen molar-refractivity contribution in [3.05, 3.63) is 82.9 Å². The first-order chi connectivity index (χ1) is 24.1. The van der Waals surface area contributed by atoms with E-state index in [1.807, 2.05) is 48.5 Å². The first kappa shape index (κ1) is 40.3. The van der Waals surface area contributed by atoms with E-state index in [0.717, 1.165) is 71.9 Å². The van der Waals surface area contributed by atoms with E-state index >= 15 is 0 Å². The topological polar surface area (TPSA) is 105 Å². The van der Waals surface area contributed by atoms with Gasteiger partial charge in [-0.25, -0.2) is 0 Å². The molecular formula is C38H50N6O4S2V. The Hall–Kier alpha value is -3.52. The van der Waals surface area contributed by atoms with Gasteiger partial charge in [-0.05, 0) is 90.5 Å². The van der Waals surface area contributed by atoms with Crippen LogP contribution in [0.2, 0.25) is 0 Å². The number of hydrogen-bond acceptors (Lipinski definition) is 10. The molecule has 2 N–H and O–H groups in total. The summed E-state index contributed by atoms with van der Waals surface area (Å²) < 4.78 is 0. The average Bonchev–Trinajstić information content (AvgIpc) is 3.10. The number of nitrogens with zero attached hydrogens (tertiary/aromatic N) is 4. The van der Waals surface area contributed by atoms with Crippen LogP contribution in [-0.2, 0) is 18.6 Å². The Morgan fingerprint density at radius 1 is 0.569 bits per heavy atom. The monoisotopic (exact) mass is 769 g/mol. The van der Waals surface area contributed by atoms with Crippen molar-refractivity contribution in [1.82, 2.24) is 19.6 Å². The molecule has 1 radical (unpaired) electrons. The predicted octanol–water partition coefficient (Wildman–Crippen LogP) is 5.95. The summed E-state index contributed by atoms with van der Waals surface area (Å²) in [6.07, 6.45) is 2.03. The van der Waals surface area contributed by atoms with Gasteiger partial charge in [-0.15, -0.1) is 0 Å². The molecule has 10 nitrogen and oxygen atoms in total. The minimum Gasteiger partial charge on any atom is -0.384 e. The van der Waals surface area contributed by atoms with Crippen molar-refractivity contribution in [2.24, 2.45) is 0 Å². The Kier molecular flexibility index (Phi) is 14.4. The molecule has 0 bridgehead atoms. The third kappa shape index (κ3) is 8.76. The molecule has 2 heterocycles. The summed E-state index contributed by atoms with van der Waals surface area (Å²) in [6.45, 7) is 4.32. The minimum atomic E-state index is -0.234. The molecule has 0 aromatic heterocycles. The number of benzene rings is 4. The van der Waals surface area contributed by atoms with E-state index in [-0.39, 0.29) is 45.0 Å². The van der Waals surface area contributed by atoms with Crippen LogP contribution in [0, 0.1) is 0 Å². The van der Waals surface area contributed by atoms with Crippen LogP contribution in [0.1, 0.15) is 57.1 Å². The third-order valence-corrected chi connectivity index (χ3v) is 9.23. The molecule has 0 fully saturated rings. The van der Waals surface area contributed by atoms with Crippen molar-refractivity contribution in [3.63, 3.8) is 0 Å². The maximum atomic E-state index is 12.7. The van der Waals surface area contributed by atoms with Crippen molar-refractivity contribution in [2.45, 2.75) is 12.8 Å². The predicted molar refractivity (Wildman–Crippen MR) is 214 cm³/mol. The number of imide groups is 2. The quantitative estimate of drug-likeness (QED) is 0.0710. The largest absolute Gasteiger partial charge is 0.384 e. The zero-order valence-electron chi connectivity index (χ0n) is 29.6. The summed E-state index contributed by atoms with van der Waals surface area (Å²) in [5.41, 5.74) is 4.28. The fraction of sp³-hybridized carbons (Fsp3) is 0.368. The smallest absolute Gasteiger partial charge is 0.261 e. The maximum absolute atomic E-state index is 12.7. The molecule has 51 heavy (non-hydrogen) atoms. The van der Waals surface area contributed by atoms with Gasteiger partial charge in [0.2, 0.25) is 0 Å². The van der Waals surface area contributed by atoms with Gasteiger partial charge >= 0.3 is 0 Å². The maximum Gasteiger partial charge on any atom is 0.261 e. The second-order valence-electron chi connectivity index (χ2n) is 12.9. The second kappa shape index (κ2) is 18.3. The first-order valence-electron chi connectivity index (χ1n) is 16.9. The van der Waals surface area contributed by atoms with E-state index in [2.05, 4.69) is 73.9 Å². The molecular weight excluding hydrogens is 720 g/mol. The summed E-state index contributed by atoms with van der Waals surface area (Å²) >= 11 is 8.32.